The van der Waals surface area contributed by atoms with Gasteiger partial charge in [0.1, 0.15) is 5.60 Å². The van der Waals surface area contributed by atoms with E-state index in [1.807, 2.05) is 13.8 Å². The summed E-state index contributed by atoms with van der Waals surface area (Å²) in [6.07, 6.45) is 1.58. The molecule has 0 amide bonds. The topological polar surface area (TPSA) is 38.8 Å². The molecule has 0 spiro atoms. The molecule has 0 radical (unpaired) electrons. The Morgan fingerprint density at radius 3 is 2.36 bits per heavy atom. The molecule has 1 fully saturated rings. The van der Waals surface area contributed by atoms with Gasteiger partial charge >= 0.3 is 5.97 Å². The average molecular weight is 200 g/mol. The summed E-state index contributed by atoms with van der Waals surface area (Å²) in [6.45, 7) is 8.18. The molecule has 3 nitrogen and oxygen atoms in total. The summed E-state index contributed by atoms with van der Waals surface area (Å²) in [7, 11) is 1.42. The summed E-state index contributed by atoms with van der Waals surface area (Å²) in [5.41, 5.74) is -0.991. The molecule has 3 heteroatoms. The maximum Gasteiger partial charge on any atom is 0.341 e. The lowest BCUT2D eigenvalue weighted by molar-refractivity contribution is -0.147. The zero-order valence-electron chi connectivity index (χ0n) is 9.72. The minimum Gasteiger partial charge on any atom is -0.467 e. The van der Waals surface area contributed by atoms with Crippen molar-refractivity contribution in [2.75, 3.05) is 7.11 Å². The number of ether oxygens (including phenoxy) is 2. The van der Waals surface area contributed by atoms with Crippen LogP contribution in [0.25, 0.3) is 0 Å². The van der Waals surface area contributed by atoms with Gasteiger partial charge in [-0.2, -0.15) is 0 Å². The number of hydrogen-bond acceptors (Lipinski definition) is 3. The van der Waals surface area contributed by atoms with Crippen LogP contribution in [0.5, 0.6) is 0 Å². The molecule has 0 aromatic carbocycles. The first-order chi connectivity index (χ1) is 6.42. The summed E-state index contributed by atoms with van der Waals surface area (Å²) in [5.74, 6) is 0.207. The summed E-state index contributed by atoms with van der Waals surface area (Å²) < 4.78 is 10.4. The van der Waals surface area contributed by atoms with Crippen molar-refractivity contribution in [3.05, 3.63) is 0 Å². The van der Waals surface area contributed by atoms with Crippen LogP contribution in [0, 0.1) is 5.92 Å². The minimum absolute atomic E-state index is 0.226. The molecular formula is C11H20O3. The summed E-state index contributed by atoms with van der Waals surface area (Å²) in [4.78, 5) is 11.7. The first-order valence-electron chi connectivity index (χ1n) is 5.20. The van der Waals surface area contributed by atoms with E-state index in [-0.39, 0.29) is 11.6 Å². The third-order valence-corrected chi connectivity index (χ3v) is 3.10. The van der Waals surface area contributed by atoms with E-state index in [1.54, 1.807) is 0 Å². The highest BCUT2D eigenvalue weighted by Crippen LogP contribution is 2.54. The Labute approximate surface area is 85.8 Å². The number of methoxy groups -OCH3 is 1. The Hall–Kier alpha value is -0.570. The third kappa shape index (κ3) is 1.54. The highest BCUT2D eigenvalue weighted by molar-refractivity contribution is 5.84. The van der Waals surface area contributed by atoms with Crippen LogP contribution in [-0.2, 0) is 14.3 Å². The molecule has 0 bridgehead atoms. The molecule has 1 aliphatic rings. The minimum atomic E-state index is -0.676. The van der Waals surface area contributed by atoms with E-state index in [2.05, 4.69) is 13.8 Å². The fourth-order valence-corrected chi connectivity index (χ4v) is 2.05. The highest BCUT2D eigenvalue weighted by atomic mass is 16.7. The van der Waals surface area contributed by atoms with Crippen molar-refractivity contribution in [3.63, 3.8) is 0 Å². The summed E-state index contributed by atoms with van der Waals surface area (Å²) >= 11 is 0. The van der Waals surface area contributed by atoms with Gasteiger partial charge in [-0.3, -0.25) is 0 Å². The van der Waals surface area contributed by atoms with Gasteiger partial charge in [0, 0.05) is 0 Å². The average Bonchev–Trinajstić information content (AvgIpc) is 2.71. The van der Waals surface area contributed by atoms with Crippen LogP contribution in [0.2, 0.25) is 0 Å². The monoisotopic (exact) mass is 200 g/mol. The van der Waals surface area contributed by atoms with E-state index in [9.17, 15) is 4.79 Å². The lowest BCUT2D eigenvalue weighted by atomic mass is 9.85. The van der Waals surface area contributed by atoms with Gasteiger partial charge in [-0.25, -0.2) is 4.79 Å². The SMILES string of the molecule is CCC1(C)OC1(CC(C)C)C(=O)OC. The second kappa shape index (κ2) is 3.54. The molecule has 0 aromatic heterocycles. The molecule has 1 saturated heterocycles. The first kappa shape index (κ1) is 11.5. The zero-order valence-corrected chi connectivity index (χ0v) is 9.72. The van der Waals surface area contributed by atoms with Gasteiger partial charge in [-0.05, 0) is 25.7 Å². The lowest BCUT2D eigenvalue weighted by Gasteiger charge is -2.15. The second-order valence-corrected chi connectivity index (χ2v) is 4.60. The van der Waals surface area contributed by atoms with Crippen molar-refractivity contribution in [2.24, 2.45) is 5.92 Å². The Morgan fingerprint density at radius 2 is 2.07 bits per heavy atom. The summed E-state index contributed by atoms with van der Waals surface area (Å²) in [6, 6.07) is 0. The Morgan fingerprint density at radius 1 is 1.50 bits per heavy atom. The van der Waals surface area contributed by atoms with E-state index in [4.69, 9.17) is 9.47 Å². The molecule has 14 heavy (non-hydrogen) atoms. The van der Waals surface area contributed by atoms with Crippen LogP contribution in [-0.4, -0.2) is 24.3 Å². The number of hydrogen-bond donors (Lipinski definition) is 0. The molecule has 0 N–H and O–H groups in total. The molecule has 0 saturated carbocycles. The van der Waals surface area contributed by atoms with Crippen LogP contribution in [0.1, 0.15) is 40.5 Å². The van der Waals surface area contributed by atoms with Crippen molar-refractivity contribution in [2.45, 2.75) is 51.7 Å². The van der Waals surface area contributed by atoms with Gasteiger partial charge in [0.15, 0.2) is 5.60 Å². The molecule has 2 unspecified atom stereocenters. The number of carbonyl (C=O) groups excluding carboxylic acids is 1. The van der Waals surface area contributed by atoms with Crippen molar-refractivity contribution < 1.29 is 14.3 Å². The standard InChI is InChI=1S/C11H20O3/c1-6-10(4)11(14-10,7-8(2)3)9(12)13-5/h8H,6-7H2,1-5H3. The van der Waals surface area contributed by atoms with E-state index in [0.717, 1.165) is 12.8 Å². The summed E-state index contributed by atoms with van der Waals surface area (Å²) in [5, 5.41) is 0. The number of rotatable bonds is 4. The molecular weight excluding hydrogens is 180 g/mol. The van der Waals surface area contributed by atoms with Crippen molar-refractivity contribution in [1.82, 2.24) is 0 Å². The zero-order chi connectivity index (χ0) is 11.0. The van der Waals surface area contributed by atoms with Crippen LogP contribution in [0.4, 0.5) is 0 Å². The largest absolute Gasteiger partial charge is 0.467 e. The molecule has 1 rings (SSSR count). The molecule has 82 valence electrons. The van der Waals surface area contributed by atoms with Gasteiger partial charge in [-0.15, -0.1) is 0 Å². The van der Waals surface area contributed by atoms with Crippen molar-refractivity contribution in [1.29, 1.82) is 0 Å². The molecule has 0 aliphatic carbocycles. The number of epoxide rings is 1. The van der Waals surface area contributed by atoms with Gasteiger partial charge in [-0.1, -0.05) is 20.8 Å². The van der Waals surface area contributed by atoms with E-state index in [1.165, 1.54) is 7.11 Å². The van der Waals surface area contributed by atoms with Gasteiger partial charge in [0.2, 0.25) is 0 Å². The number of esters is 1. The molecule has 1 aliphatic heterocycles. The highest BCUT2D eigenvalue weighted by Gasteiger charge is 2.71. The Kier molecular flexibility index (Phi) is 2.91. The molecule has 2 atom stereocenters. The quantitative estimate of drug-likeness (QED) is 0.515. The van der Waals surface area contributed by atoms with Gasteiger partial charge in [0.25, 0.3) is 0 Å². The van der Waals surface area contributed by atoms with Gasteiger partial charge < -0.3 is 9.47 Å². The van der Waals surface area contributed by atoms with Crippen molar-refractivity contribution >= 4 is 5.97 Å². The van der Waals surface area contributed by atoms with Crippen LogP contribution >= 0.6 is 0 Å². The molecule has 0 aromatic rings. The predicted molar refractivity (Wildman–Crippen MR) is 54.0 cm³/mol. The van der Waals surface area contributed by atoms with Crippen molar-refractivity contribution in [3.8, 4) is 0 Å². The second-order valence-electron chi connectivity index (χ2n) is 4.60. The maximum absolute atomic E-state index is 11.7. The van der Waals surface area contributed by atoms with E-state index in [0.29, 0.717) is 5.92 Å². The van der Waals surface area contributed by atoms with E-state index >= 15 is 0 Å². The Balaban J connectivity index is 2.80. The van der Waals surface area contributed by atoms with Crippen LogP contribution in [0.3, 0.4) is 0 Å². The fraction of sp³-hybridized carbons (Fsp3) is 0.909. The third-order valence-electron chi connectivity index (χ3n) is 3.10. The van der Waals surface area contributed by atoms with Gasteiger partial charge in [0.05, 0.1) is 7.11 Å². The van der Waals surface area contributed by atoms with Crippen LogP contribution in [0.15, 0.2) is 0 Å². The smallest absolute Gasteiger partial charge is 0.341 e. The normalized spacial score (nSPS) is 35.9. The lowest BCUT2D eigenvalue weighted by Crippen LogP contribution is -2.35. The maximum atomic E-state index is 11.7. The first-order valence-corrected chi connectivity index (χ1v) is 5.20. The van der Waals surface area contributed by atoms with E-state index < -0.39 is 5.60 Å². The predicted octanol–water partition coefficient (Wildman–Crippen LogP) is 2.14. The number of carbonyl (C=O) groups is 1. The van der Waals surface area contributed by atoms with Crippen LogP contribution < -0.4 is 0 Å². The Bertz CT molecular complexity index is 237. The fourth-order valence-electron chi connectivity index (χ4n) is 2.05. The molecule has 1 heterocycles.